The van der Waals surface area contributed by atoms with Gasteiger partial charge in [-0.3, -0.25) is 4.90 Å². The van der Waals surface area contributed by atoms with Gasteiger partial charge in [0.2, 0.25) is 0 Å². The van der Waals surface area contributed by atoms with Gasteiger partial charge in [-0.25, -0.2) is 0 Å². The van der Waals surface area contributed by atoms with E-state index in [-0.39, 0.29) is 0 Å². The second-order valence-corrected chi connectivity index (χ2v) is 7.51. The van der Waals surface area contributed by atoms with Crippen molar-refractivity contribution in [2.75, 3.05) is 19.6 Å². The minimum atomic E-state index is 0.472. The van der Waals surface area contributed by atoms with Crippen LogP contribution in [0.3, 0.4) is 0 Å². The Kier molecular flexibility index (Phi) is 5.83. The van der Waals surface area contributed by atoms with Gasteiger partial charge in [0.05, 0.1) is 0 Å². The third-order valence-electron chi connectivity index (χ3n) is 4.82. The van der Waals surface area contributed by atoms with E-state index in [4.69, 9.17) is 0 Å². The van der Waals surface area contributed by atoms with Crippen molar-refractivity contribution >= 4 is 0 Å². The van der Waals surface area contributed by atoms with Crippen LogP contribution in [0, 0.1) is 11.3 Å². The quantitative estimate of drug-likeness (QED) is 0.879. The maximum Gasteiger partial charge on any atom is 0.0233 e. The Morgan fingerprint density at radius 3 is 2.14 bits per heavy atom. The molecule has 21 heavy (non-hydrogen) atoms. The van der Waals surface area contributed by atoms with Crippen LogP contribution in [0.2, 0.25) is 0 Å². The van der Waals surface area contributed by atoms with Crippen molar-refractivity contribution < 1.29 is 0 Å². The highest BCUT2D eigenvalue weighted by atomic mass is 15.1. The summed E-state index contributed by atoms with van der Waals surface area (Å²) in [7, 11) is 0. The Morgan fingerprint density at radius 1 is 1.05 bits per heavy atom. The average Bonchev–Trinajstić information content (AvgIpc) is 2.46. The summed E-state index contributed by atoms with van der Waals surface area (Å²) >= 11 is 0. The van der Waals surface area contributed by atoms with Gasteiger partial charge < -0.3 is 5.32 Å². The van der Waals surface area contributed by atoms with E-state index in [0.29, 0.717) is 5.41 Å². The summed E-state index contributed by atoms with van der Waals surface area (Å²) in [5.41, 5.74) is 3.30. The minimum Gasteiger partial charge on any atom is -0.313 e. The molecule has 0 unspecified atom stereocenters. The van der Waals surface area contributed by atoms with Crippen molar-refractivity contribution in [2.24, 2.45) is 11.3 Å². The molecular weight excluding hydrogens is 256 g/mol. The van der Waals surface area contributed by atoms with Gasteiger partial charge in [-0.1, -0.05) is 52.0 Å². The van der Waals surface area contributed by atoms with Crippen molar-refractivity contribution in [3.05, 3.63) is 35.4 Å². The average molecular weight is 288 g/mol. The molecule has 1 aromatic rings. The molecule has 1 aliphatic rings. The molecule has 1 fully saturated rings. The topological polar surface area (TPSA) is 15.3 Å². The zero-order valence-corrected chi connectivity index (χ0v) is 14.3. The lowest BCUT2D eigenvalue weighted by Gasteiger charge is -2.38. The fraction of sp³-hybridized carbons (Fsp3) is 0.684. The van der Waals surface area contributed by atoms with Crippen LogP contribution in [0.4, 0.5) is 0 Å². The van der Waals surface area contributed by atoms with E-state index in [2.05, 4.69) is 62.2 Å². The third-order valence-corrected chi connectivity index (χ3v) is 4.82. The van der Waals surface area contributed by atoms with Crippen LogP contribution in [0.5, 0.6) is 0 Å². The molecule has 0 atom stereocenters. The highest BCUT2D eigenvalue weighted by molar-refractivity contribution is 5.22. The van der Waals surface area contributed by atoms with Gasteiger partial charge in [-0.15, -0.1) is 0 Å². The van der Waals surface area contributed by atoms with Crippen LogP contribution in [-0.4, -0.2) is 24.5 Å². The van der Waals surface area contributed by atoms with Crippen molar-refractivity contribution in [1.82, 2.24) is 10.2 Å². The SMILES string of the molecule is CCNCc1ccc(CN2CCC(C(C)(C)C)CC2)cc1. The molecule has 0 aliphatic carbocycles. The molecule has 0 saturated carbocycles. The monoisotopic (exact) mass is 288 g/mol. The lowest BCUT2D eigenvalue weighted by molar-refractivity contribution is 0.108. The summed E-state index contributed by atoms with van der Waals surface area (Å²) in [6.07, 6.45) is 2.70. The molecule has 0 bridgehead atoms. The first kappa shape index (κ1) is 16.5. The number of benzene rings is 1. The molecule has 1 saturated heterocycles. The summed E-state index contributed by atoms with van der Waals surface area (Å²) in [5.74, 6) is 0.885. The largest absolute Gasteiger partial charge is 0.313 e. The van der Waals surface area contributed by atoms with E-state index in [9.17, 15) is 0 Å². The van der Waals surface area contributed by atoms with E-state index >= 15 is 0 Å². The predicted molar refractivity (Wildman–Crippen MR) is 91.3 cm³/mol. The van der Waals surface area contributed by atoms with Crippen molar-refractivity contribution in [2.45, 2.75) is 53.6 Å². The number of rotatable bonds is 5. The molecule has 0 aromatic heterocycles. The van der Waals surface area contributed by atoms with Gasteiger partial charge in [0, 0.05) is 13.1 Å². The predicted octanol–water partition coefficient (Wildman–Crippen LogP) is 4.05. The molecule has 0 amide bonds. The number of nitrogens with one attached hydrogen (secondary N) is 1. The van der Waals surface area contributed by atoms with Gasteiger partial charge in [-0.05, 0) is 54.9 Å². The van der Waals surface area contributed by atoms with Crippen molar-refractivity contribution in [1.29, 1.82) is 0 Å². The van der Waals surface area contributed by atoms with Crippen LogP contribution in [-0.2, 0) is 13.1 Å². The highest BCUT2D eigenvalue weighted by Gasteiger charge is 2.28. The summed E-state index contributed by atoms with van der Waals surface area (Å²) < 4.78 is 0. The standard InChI is InChI=1S/C19H32N2/c1-5-20-14-16-6-8-17(9-7-16)15-21-12-10-18(11-13-21)19(2,3)4/h6-9,18,20H,5,10-15H2,1-4H3. The maximum atomic E-state index is 3.37. The van der Waals surface area contributed by atoms with Gasteiger partial charge in [0.15, 0.2) is 0 Å². The second-order valence-electron chi connectivity index (χ2n) is 7.51. The van der Waals surface area contributed by atoms with Crippen LogP contribution in [0.1, 0.15) is 51.7 Å². The summed E-state index contributed by atoms with van der Waals surface area (Å²) in [4.78, 5) is 2.61. The molecule has 0 spiro atoms. The lowest BCUT2D eigenvalue weighted by Crippen LogP contribution is -2.37. The van der Waals surface area contributed by atoms with Crippen molar-refractivity contribution in [3.8, 4) is 0 Å². The Bertz CT molecular complexity index is 408. The second kappa shape index (κ2) is 7.42. The highest BCUT2D eigenvalue weighted by Crippen LogP contribution is 2.34. The summed E-state index contributed by atoms with van der Waals surface area (Å²) in [6, 6.07) is 9.12. The van der Waals surface area contributed by atoms with Crippen LogP contribution < -0.4 is 5.32 Å². The Labute approximate surface area is 130 Å². The first-order valence-corrected chi connectivity index (χ1v) is 8.50. The fourth-order valence-corrected chi connectivity index (χ4v) is 3.25. The Hall–Kier alpha value is -0.860. The van der Waals surface area contributed by atoms with Crippen molar-refractivity contribution in [3.63, 3.8) is 0 Å². The van der Waals surface area contributed by atoms with E-state index in [1.807, 2.05) is 0 Å². The van der Waals surface area contributed by atoms with Crippen LogP contribution in [0.25, 0.3) is 0 Å². The van der Waals surface area contributed by atoms with E-state index in [1.165, 1.54) is 37.1 Å². The zero-order valence-electron chi connectivity index (χ0n) is 14.3. The van der Waals surface area contributed by atoms with Gasteiger partial charge in [-0.2, -0.15) is 0 Å². The van der Waals surface area contributed by atoms with Gasteiger partial charge in [0.1, 0.15) is 0 Å². The lowest BCUT2D eigenvalue weighted by atomic mass is 9.75. The smallest absolute Gasteiger partial charge is 0.0233 e. The number of hydrogen-bond acceptors (Lipinski definition) is 2. The van der Waals surface area contributed by atoms with Gasteiger partial charge >= 0.3 is 0 Å². The molecule has 2 heteroatoms. The molecule has 1 heterocycles. The first-order chi connectivity index (χ1) is 9.99. The fourth-order valence-electron chi connectivity index (χ4n) is 3.25. The molecule has 1 aliphatic heterocycles. The Morgan fingerprint density at radius 2 is 1.62 bits per heavy atom. The number of likely N-dealkylation sites (tertiary alicyclic amines) is 1. The zero-order chi connectivity index (χ0) is 15.3. The molecule has 1 N–H and O–H groups in total. The molecule has 118 valence electrons. The molecule has 0 radical (unpaired) electrons. The maximum absolute atomic E-state index is 3.37. The summed E-state index contributed by atoms with van der Waals surface area (Å²) in [6.45, 7) is 14.9. The Balaban J connectivity index is 1.80. The van der Waals surface area contributed by atoms with Gasteiger partial charge in [0.25, 0.3) is 0 Å². The first-order valence-electron chi connectivity index (χ1n) is 8.50. The third kappa shape index (κ3) is 5.12. The van der Waals surface area contributed by atoms with E-state index in [0.717, 1.165) is 25.6 Å². The summed E-state index contributed by atoms with van der Waals surface area (Å²) in [5, 5.41) is 3.37. The van der Waals surface area contributed by atoms with Crippen LogP contribution >= 0.6 is 0 Å². The van der Waals surface area contributed by atoms with E-state index in [1.54, 1.807) is 0 Å². The molecule has 1 aromatic carbocycles. The minimum absolute atomic E-state index is 0.472. The molecule has 2 rings (SSSR count). The molecule has 2 nitrogen and oxygen atoms in total. The normalized spacial score (nSPS) is 18.1. The van der Waals surface area contributed by atoms with E-state index < -0.39 is 0 Å². The number of hydrogen-bond donors (Lipinski definition) is 1. The van der Waals surface area contributed by atoms with Crippen LogP contribution in [0.15, 0.2) is 24.3 Å². The number of piperidine rings is 1. The number of nitrogens with zero attached hydrogens (tertiary/aromatic N) is 1. The molecular formula is C19H32N2.